The van der Waals surface area contributed by atoms with Crippen LogP contribution in [0.2, 0.25) is 0 Å². The lowest BCUT2D eigenvalue weighted by Gasteiger charge is -2.00. The predicted octanol–water partition coefficient (Wildman–Crippen LogP) is 2.77. The summed E-state index contributed by atoms with van der Waals surface area (Å²) in [6.07, 6.45) is 0.696. The van der Waals surface area contributed by atoms with Crippen molar-refractivity contribution in [2.24, 2.45) is 0 Å². The highest BCUT2D eigenvalue weighted by molar-refractivity contribution is 5.83. The van der Waals surface area contributed by atoms with E-state index in [0.29, 0.717) is 23.6 Å². The molecule has 0 saturated carbocycles. The molecule has 0 unspecified atom stereocenters. The Kier molecular flexibility index (Phi) is 2.37. The van der Waals surface area contributed by atoms with Gasteiger partial charge >= 0.3 is 0 Å². The van der Waals surface area contributed by atoms with Gasteiger partial charge in [-0.2, -0.15) is 0 Å². The summed E-state index contributed by atoms with van der Waals surface area (Å²) in [6, 6.07) is 7.78. The number of hydrogen-bond donors (Lipinski definition) is 0. The Morgan fingerprint density at radius 3 is 2.67 bits per heavy atom. The second kappa shape index (κ2) is 3.69. The fourth-order valence-corrected chi connectivity index (χ4v) is 1.55. The maximum atomic E-state index is 10.8. The number of aromatic nitrogens is 1. The number of aldehydes is 1. The molecule has 0 radical (unpaired) electrons. The van der Waals surface area contributed by atoms with Crippen molar-refractivity contribution in [3.05, 3.63) is 41.5 Å². The highest BCUT2D eigenvalue weighted by Gasteiger charge is 2.13. The van der Waals surface area contributed by atoms with Crippen LogP contribution in [0.25, 0.3) is 11.3 Å². The topological polar surface area (TPSA) is 43.1 Å². The van der Waals surface area contributed by atoms with Gasteiger partial charge in [0.15, 0.2) is 17.9 Å². The summed E-state index contributed by atoms with van der Waals surface area (Å²) in [4.78, 5) is 15.0. The third-order valence-electron chi connectivity index (χ3n) is 2.27. The number of rotatable bonds is 2. The van der Waals surface area contributed by atoms with Gasteiger partial charge in [-0.3, -0.25) is 4.79 Å². The SMILES string of the molecule is Cc1nc(-c2ccccc2C)c(C=O)o1. The Bertz CT molecular complexity index is 500. The molecular formula is C12H11NO2. The smallest absolute Gasteiger partial charge is 0.195 e. The van der Waals surface area contributed by atoms with Crippen LogP contribution in [0.3, 0.4) is 0 Å². The number of carbonyl (C=O) groups is 1. The summed E-state index contributed by atoms with van der Waals surface area (Å²) in [5, 5.41) is 0. The van der Waals surface area contributed by atoms with Gasteiger partial charge in [0.05, 0.1) is 0 Å². The van der Waals surface area contributed by atoms with E-state index in [1.165, 1.54) is 0 Å². The largest absolute Gasteiger partial charge is 0.438 e. The molecule has 0 saturated heterocycles. The maximum Gasteiger partial charge on any atom is 0.195 e. The van der Waals surface area contributed by atoms with Crippen molar-refractivity contribution in [2.45, 2.75) is 13.8 Å². The lowest BCUT2D eigenvalue weighted by atomic mass is 10.1. The van der Waals surface area contributed by atoms with E-state index in [2.05, 4.69) is 4.98 Å². The van der Waals surface area contributed by atoms with Gasteiger partial charge in [0.2, 0.25) is 0 Å². The van der Waals surface area contributed by atoms with Crippen LogP contribution in [0, 0.1) is 13.8 Å². The van der Waals surface area contributed by atoms with Gasteiger partial charge in [0, 0.05) is 12.5 Å². The Morgan fingerprint density at radius 2 is 2.00 bits per heavy atom. The Hall–Kier alpha value is -1.90. The molecule has 1 aromatic carbocycles. The van der Waals surface area contributed by atoms with Crippen LogP contribution in [0.4, 0.5) is 0 Å². The Morgan fingerprint density at radius 1 is 1.27 bits per heavy atom. The van der Waals surface area contributed by atoms with Gasteiger partial charge in [-0.15, -0.1) is 0 Å². The summed E-state index contributed by atoms with van der Waals surface area (Å²) >= 11 is 0. The number of nitrogens with zero attached hydrogens (tertiary/aromatic N) is 1. The first-order valence-corrected chi connectivity index (χ1v) is 4.71. The van der Waals surface area contributed by atoms with Crippen molar-refractivity contribution in [3.63, 3.8) is 0 Å². The third-order valence-corrected chi connectivity index (χ3v) is 2.27. The van der Waals surface area contributed by atoms with E-state index >= 15 is 0 Å². The van der Waals surface area contributed by atoms with Crippen LogP contribution in [0.15, 0.2) is 28.7 Å². The van der Waals surface area contributed by atoms with Gasteiger partial charge in [0.1, 0.15) is 5.69 Å². The van der Waals surface area contributed by atoms with E-state index in [1.807, 2.05) is 31.2 Å². The quantitative estimate of drug-likeness (QED) is 0.701. The molecule has 1 heterocycles. The number of oxazole rings is 1. The average Bonchev–Trinajstić information content (AvgIpc) is 2.60. The first kappa shape index (κ1) is 9.65. The van der Waals surface area contributed by atoms with E-state index < -0.39 is 0 Å². The van der Waals surface area contributed by atoms with E-state index in [-0.39, 0.29) is 0 Å². The molecule has 2 rings (SSSR count). The summed E-state index contributed by atoms with van der Waals surface area (Å²) in [5.41, 5.74) is 2.64. The molecule has 0 bridgehead atoms. The standard InChI is InChI=1S/C12H11NO2/c1-8-5-3-4-6-10(8)12-11(7-14)15-9(2)13-12/h3-7H,1-2H3. The summed E-state index contributed by atoms with van der Waals surface area (Å²) in [5.74, 6) is 0.803. The molecule has 1 aromatic heterocycles. The molecule has 3 nitrogen and oxygen atoms in total. The molecule has 0 N–H and O–H groups in total. The summed E-state index contributed by atoms with van der Waals surface area (Å²) in [6.45, 7) is 3.71. The van der Waals surface area contributed by atoms with Crippen LogP contribution in [0.1, 0.15) is 22.0 Å². The van der Waals surface area contributed by atoms with E-state index in [1.54, 1.807) is 6.92 Å². The van der Waals surface area contributed by atoms with Crippen molar-refractivity contribution in [3.8, 4) is 11.3 Å². The monoisotopic (exact) mass is 201 g/mol. The molecule has 0 aliphatic carbocycles. The molecule has 0 aliphatic rings. The predicted molar refractivity (Wildman–Crippen MR) is 56.8 cm³/mol. The van der Waals surface area contributed by atoms with Crippen LogP contribution in [-0.4, -0.2) is 11.3 Å². The summed E-state index contributed by atoms with van der Waals surface area (Å²) < 4.78 is 5.19. The van der Waals surface area contributed by atoms with Gasteiger partial charge < -0.3 is 4.42 Å². The first-order chi connectivity index (χ1) is 7.22. The van der Waals surface area contributed by atoms with Crippen molar-refractivity contribution >= 4 is 6.29 Å². The average molecular weight is 201 g/mol. The molecule has 0 spiro atoms. The fourth-order valence-electron chi connectivity index (χ4n) is 1.55. The lowest BCUT2D eigenvalue weighted by molar-refractivity contribution is 0.110. The molecule has 15 heavy (non-hydrogen) atoms. The minimum absolute atomic E-state index is 0.293. The first-order valence-electron chi connectivity index (χ1n) is 4.71. The zero-order valence-electron chi connectivity index (χ0n) is 8.65. The lowest BCUT2D eigenvalue weighted by Crippen LogP contribution is -1.87. The van der Waals surface area contributed by atoms with Gasteiger partial charge in [-0.05, 0) is 12.5 Å². The molecule has 0 amide bonds. The van der Waals surface area contributed by atoms with Crippen molar-refractivity contribution in [2.75, 3.05) is 0 Å². The maximum absolute atomic E-state index is 10.8. The van der Waals surface area contributed by atoms with Crippen LogP contribution >= 0.6 is 0 Å². The minimum atomic E-state index is 0.293. The number of aryl methyl sites for hydroxylation is 2. The minimum Gasteiger partial charge on any atom is -0.438 e. The van der Waals surface area contributed by atoms with Crippen molar-refractivity contribution in [1.29, 1.82) is 0 Å². The molecule has 3 heteroatoms. The van der Waals surface area contributed by atoms with Crippen molar-refractivity contribution < 1.29 is 9.21 Å². The molecular weight excluding hydrogens is 190 g/mol. The third kappa shape index (κ3) is 1.68. The second-order valence-corrected chi connectivity index (χ2v) is 3.38. The van der Waals surface area contributed by atoms with Crippen LogP contribution in [0.5, 0.6) is 0 Å². The normalized spacial score (nSPS) is 10.3. The van der Waals surface area contributed by atoms with Gasteiger partial charge in [0.25, 0.3) is 0 Å². The van der Waals surface area contributed by atoms with Gasteiger partial charge in [-0.25, -0.2) is 4.98 Å². The molecule has 0 fully saturated rings. The van der Waals surface area contributed by atoms with E-state index in [9.17, 15) is 4.79 Å². The fraction of sp³-hybridized carbons (Fsp3) is 0.167. The highest BCUT2D eigenvalue weighted by atomic mass is 16.4. The molecule has 2 aromatic rings. The second-order valence-electron chi connectivity index (χ2n) is 3.38. The highest BCUT2D eigenvalue weighted by Crippen LogP contribution is 2.25. The molecule has 76 valence electrons. The van der Waals surface area contributed by atoms with E-state index in [0.717, 1.165) is 11.1 Å². The summed E-state index contributed by atoms with van der Waals surface area (Å²) in [7, 11) is 0. The molecule has 0 aliphatic heterocycles. The number of benzene rings is 1. The zero-order chi connectivity index (χ0) is 10.8. The number of hydrogen-bond acceptors (Lipinski definition) is 3. The Balaban J connectivity index is 2.63. The van der Waals surface area contributed by atoms with E-state index in [4.69, 9.17) is 4.42 Å². The zero-order valence-corrected chi connectivity index (χ0v) is 8.65. The Labute approximate surface area is 87.8 Å². The van der Waals surface area contributed by atoms with Gasteiger partial charge in [-0.1, -0.05) is 24.3 Å². The van der Waals surface area contributed by atoms with Crippen molar-refractivity contribution in [1.82, 2.24) is 4.98 Å². The van der Waals surface area contributed by atoms with Crippen LogP contribution < -0.4 is 0 Å². The van der Waals surface area contributed by atoms with Crippen LogP contribution in [-0.2, 0) is 0 Å². The number of carbonyl (C=O) groups excluding carboxylic acids is 1. The molecule has 0 atom stereocenters.